The number of hydrogen-bond acceptors (Lipinski definition) is 7. The summed E-state index contributed by atoms with van der Waals surface area (Å²) < 4.78 is 11.2. The first kappa shape index (κ1) is 21.6. The molecule has 0 bridgehead atoms. The van der Waals surface area contributed by atoms with E-state index in [1.165, 1.54) is 6.92 Å². The van der Waals surface area contributed by atoms with Gasteiger partial charge in [0.2, 0.25) is 5.78 Å². The number of aliphatic hydroxyl groups excluding tert-OH is 1. The monoisotopic (exact) mass is 441 g/mol. The molecule has 0 radical (unpaired) electrons. The summed E-state index contributed by atoms with van der Waals surface area (Å²) in [6.45, 7) is 6.88. The molecule has 0 aromatic heterocycles. The minimum absolute atomic E-state index is 0.00898. The number of ether oxygens (including phenoxy) is 2. The van der Waals surface area contributed by atoms with Gasteiger partial charge in [-0.15, -0.1) is 0 Å². The molecular weight excluding hydrogens is 410 g/mol. The van der Waals surface area contributed by atoms with Gasteiger partial charge in [-0.05, 0) is 49.7 Å². The Labute approximate surface area is 187 Å². The number of fused-ring (bicyclic) bond motifs is 7. The summed E-state index contributed by atoms with van der Waals surface area (Å²) >= 11 is 0. The summed E-state index contributed by atoms with van der Waals surface area (Å²) in [5.74, 6) is -0.0140. The maximum atomic E-state index is 13.5. The van der Waals surface area contributed by atoms with Gasteiger partial charge in [-0.3, -0.25) is 14.4 Å². The molecule has 4 aliphatic carbocycles. The van der Waals surface area contributed by atoms with Crippen molar-refractivity contribution in [1.82, 2.24) is 0 Å². The number of Topliss-reactive ketones (excluding diaryl/α,β-unsaturated/α-hetero) is 1. The van der Waals surface area contributed by atoms with E-state index in [2.05, 4.69) is 13.8 Å². The summed E-state index contributed by atoms with van der Waals surface area (Å²) in [5, 5.41) is 11.6. The van der Waals surface area contributed by atoms with Gasteiger partial charge >= 0.3 is 5.97 Å². The lowest BCUT2D eigenvalue weighted by Crippen LogP contribution is -2.62. The molecule has 32 heavy (non-hydrogen) atoms. The molecular formula is C25H31NO6. The van der Waals surface area contributed by atoms with E-state index in [-0.39, 0.29) is 41.3 Å². The maximum absolute atomic E-state index is 13.5. The van der Waals surface area contributed by atoms with Crippen LogP contribution in [0.25, 0.3) is 0 Å². The molecule has 0 aromatic carbocycles. The first-order chi connectivity index (χ1) is 15.0. The Morgan fingerprint density at radius 1 is 1.34 bits per heavy atom. The van der Waals surface area contributed by atoms with Crippen LogP contribution in [0, 0.1) is 28.6 Å². The molecule has 1 unspecified atom stereocenters. The van der Waals surface area contributed by atoms with E-state index in [0.29, 0.717) is 18.7 Å². The molecule has 172 valence electrons. The van der Waals surface area contributed by atoms with Gasteiger partial charge in [0.05, 0.1) is 6.10 Å². The second kappa shape index (κ2) is 6.86. The molecule has 7 heteroatoms. The van der Waals surface area contributed by atoms with Crippen molar-refractivity contribution >= 4 is 23.4 Å². The Hall–Kier alpha value is -2.28. The molecule has 8 atom stereocenters. The van der Waals surface area contributed by atoms with Crippen LogP contribution < -0.4 is 0 Å². The van der Waals surface area contributed by atoms with Crippen molar-refractivity contribution in [3.8, 4) is 0 Å². The molecule has 1 aliphatic heterocycles. The number of aliphatic imine (C=N–C) groups is 1. The van der Waals surface area contributed by atoms with Crippen molar-refractivity contribution in [3.05, 3.63) is 23.8 Å². The van der Waals surface area contributed by atoms with Crippen molar-refractivity contribution < 1.29 is 29.0 Å². The van der Waals surface area contributed by atoms with Crippen molar-refractivity contribution in [3.63, 3.8) is 0 Å². The number of carbonyl (C=O) groups is 3. The number of hydrogen-bond donors (Lipinski definition) is 1. The number of rotatable bonds is 3. The second-order valence-electron chi connectivity index (χ2n) is 10.7. The summed E-state index contributed by atoms with van der Waals surface area (Å²) in [4.78, 5) is 41.7. The molecule has 1 heterocycles. The van der Waals surface area contributed by atoms with E-state index >= 15 is 0 Å². The van der Waals surface area contributed by atoms with Crippen LogP contribution in [0.2, 0.25) is 0 Å². The van der Waals surface area contributed by atoms with E-state index < -0.39 is 29.1 Å². The van der Waals surface area contributed by atoms with Crippen LogP contribution in [0.3, 0.4) is 0 Å². The van der Waals surface area contributed by atoms with Gasteiger partial charge in [0.15, 0.2) is 23.8 Å². The fraction of sp³-hybridized carbons (Fsp3) is 0.680. The molecule has 3 saturated carbocycles. The Kier molecular flexibility index (Phi) is 4.62. The van der Waals surface area contributed by atoms with Crippen molar-refractivity contribution in [1.29, 1.82) is 0 Å². The summed E-state index contributed by atoms with van der Waals surface area (Å²) in [6.07, 6.45) is 7.01. The molecule has 0 spiro atoms. The lowest BCUT2D eigenvalue weighted by molar-refractivity contribution is -0.155. The van der Waals surface area contributed by atoms with E-state index in [4.69, 9.17) is 14.5 Å². The van der Waals surface area contributed by atoms with Crippen molar-refractivity contribution in [2.24, 2.45) is 33.6 Å². The zero-order chi connectivity index (χ0) is 23.1. The zero-order valence-corrected chi connectivity index (χ0v) is 19.1. The molecule has 3 fully saturated rings. The first-order valence-corrected chi connectivity index (χ1v) is 11.5. The van der Waals surface area contributed by atoms with Gasteiger partial charge in [-0.25, -0.2) is 4.99 Å². The van der Waals surface area contributed by atoms with E-state index in [1.807, 2.05) is 6.08 Å². The third kappa shape index (κ3) is 2.63. The van der Waals surface area contributed by atoms with Gasteiger partial charge in [0, 0.05) is 30.6 Å². The van der Waals surface area contributed by atoms with Gasteiger partial charge in [0.1, 0.15) is 6.10 Å². The molecule has 1 N–H and O–H groups in total. The molecule has 5 rings (SSSR count). The zero-order valence-electron chi connectivity index (χ0n) is 19.1. The molecule has 5 aliphatic rings. The van der Waals surface area contributed by atoms with E-state index in [9.17, 15) is 19.5 Å². The van der Waals surface area contributed by atoms with Crippen LogP contribution >= 0.6 is 0 Å². The van der Waals surface area contributed by atoms with Gasteiger partial charge < -0.3 is 14.6 Å². The van der Waals surface area contributed by atoms with Gasteiger partial charge in [-0.1, -0.05) is 25.5 Å². The Bertz CT molecular complexity index is 996. The van der Waals surface area contributed by atoms with Gasteiger partial charge in [0.25, 0.3) is 0 Å². The third-order valence-corrected chi connectivity index (χ3v) is 9.17. The topological polar surface area (TPSA) is 102 Å². The SMILES string of the molecule is CC(=O)OCC(=O)[C@]12N=C(C)O[C@@H]1C[C@H]1[C@@H]3CCC4=CC(=O)C=C[C@]4(C)[C@@H]3C(O)C[C@@]12C. The number of nitrogens with zero attached hydrogens (tertiary/aromatic N) is 1. The van der Waals surface area contributed by atoms with Crippen LogP contribution in [0.5, 0.6) is 0 Å². The van der Waals surface area contributed by atoms with Crippen LogP contribution in [0.4, 0.5) is 0 Å². The van der Waals surface area contributed by atoms with Crippen LogP contribution in [0.1, 0.15) is 53.4 Å². The van der Waals surface area contributed by atoms with Crippen LogP contribution in [0.15, 0.2) is 28.8 Å². The highest BCUT2D eigenvalue weighted by Crippen LogP contribution is 2.69. The fourth-order valence-corrected chi connectivity index (χ4v) is 7.97. The average Bonchev–Trinajstić information content (AvgIpc) is 3.17. The summed E-state index contributed by atoms with van der Waals surface area (Å²) in [5.41, 5.74) is -1.04. The van der Waals surface area contributed by atoms with E-state index in [0.717, 1.165) is 18.4 Å². The lowest BCUT2D eigenvalue weighted by Gasteiger charge is -2.59. The highest BCUT2D eigenvalue weighted by Gasteiger charge is 2.74. The minimum atomic E-state index is -1.15. The first-order valence-electron chi connectivity index (χ1n) is 11.5. The Balaban J connectivity index is 1.56. The fourth-order valence-electron chi connectivity index (χ4n) is 7.97. The third-order valence-electron chi connectivity index (χ3n) is 9.17. The summed E-state index contributed by atoms with van der Waals surface area (Å²) in [6, 6.07) is 0. The number of carbonyl (C=O) groups excluding carboxylic acids is 3. The smallest absolute Gasteiger partial charge is 0.303 e. The normalized spacial score (nSPS) is 46.2. The standard InChI is InChI=1S/C25H31NO6/c1-13-26-25(20(30)12-31-14(2)27)21(32-13)10-18-17-6-5-15-9-16(28)7-8-23(15,3)22(17)19(29)11-24(18,25)4/h7-9,17-19,21-22,29H,5-6,10-12H2,1-4H3/t17-,18-,19?,21+,22-,23-,24-,25-/m0/s1. The van der Waals surface area contributed by atoms with Crippen LogP contribution in [-0.4, -0.2) is 52.9 Å². The molecule has 0 amide bonds. The quantitative estimate of drug-likeness (QED) is 0.676. The molecule has 7 nitrogen and oxygen atoms in total. The van der Waals surface area contributed by atoms with E-state index in [1.54, 1.807) is 19.1 Å². The Morgan fingerprint density at radius 3 is 2.81 bits per heavy atom. The molecule has 0 aromatic rings. The minimum Gasteiger partial charge on any atom is -0.475 e. The lowest BCUT2D eigenvalue weighted by atomic mass is 9.46. The molecule has 0 saturated heterocycles. The number of aliphatic hydroxyl groups is 1. The second-order valence-corrected chi connectivity index (χ2v) is 10.7. The highest BCUT2D eigenvalue weighted by molar-refractivity contribution is 6.01. The van der Waals surface area contributed by atoms with Crippen molar-refractivity contribution in [2.75, 3.05) is 6.61 Å². The summed E-state index contributed by atoms with van der Waals surface area (Å²) in [7, 11) is 0. The predicted molar refractivity (Wildman–Crippen MR) is 116 cm³/mol. The maximum Gasteiger partial charge on any atom is 0.303 e. The largest absolute Gasteiger partial charge is 0.475 e. The number of esters is 1. The number of ketones is 2. The number of allylic oxidation sites excluding steroid dienone is 4. The predicted octanol–water partition coefficient (Wildman–Crippen LogP) is 2.56. The van der Waals surface area contributed by atoms with Gasteiger partial charge in [-0.2, -0.15) is 0 Å². The van der Waals surface area contributed by atoms with Crippen LogP contribution in [-0.2, 0) is 23.9 Å². The average molecular weight is 442 g/mol. The highest BCUT2D eigenvalue weighted by atomic mass is 16.5. The Morgan fingerprint density at radius 2 is 2.09 bits per heavy atom. The van der Waals surface area contributed by atoms with Crippen molar-refractivity contribution in [2.45, 2.75) is 71.1 Å².